The zero-order valence-corrected chi connectivity index (χ0v) is 15.7. The van der Waals surface area contributed by atoms with E-state index in [1.807, 2.05) is 43.3 Å². The highest BCUT2D eigenvalue weighted by Gasteiger charge is 2.04. The van der Waals surface area contributed by atoms with Gasteiger partial charge in [0.25, 0.3) is 0 Å². The summed E-state index contributed by atoms with van der Waals surface area (Å²) in [6.07, 6.45) is 1.19. The highest BCUT2D eigenvalue weighted by atomic mass is 35.5. The zero-order valence-electron chi connectivity index (χ0n) is 14.1. The lowest BCUT2D eigenvalue weighted by Gasteiger charge is -2.08. The molecule has 6 heteroatoms. The molecule has 2 aromatic rings. The monoisotopic (exact) mass is 380 g/mol. The van der Waals surface area contributed by atoms with Crippen LogP contribution in [0.25, 0.3) is 0 Å². The van der Waals surface area contributed by atoms with Crippen LogP contribution in [0.4, 0.5) is 5.69 Å². The molecule has 0 aliphatic heterocycles. The standard InChI is InChI=1S/C19H22Cl2N2O2/c1-2-25-17-7-5-16(6-8-17)23-19(24)10-12-22-11-9-14-3-4-15(20)13-18(14)21/h3-8,13,22H,2,9-12H2,1H3,(H,23,24). The van der Waals surface area contributed by atoms with Gasteiger partial charge in [-0.05, 0) is 61.9 Å². The summed E-state index contributed by atoms with van der Waals surface area (Å²) in [5.74, 6) is 0.768. The number of rotatable bonds is 9. The summed E-state index contributed by atoms with van der Waals surface area (Å²) in [5.41, 5.74) is 1.80. The van der Waals surface area contributed by atoms with Crippen molar-refractivity contribution in [3.63, 3.8) is 0 Å². The van der Waals surface area contributed by atoms with Gasteiger partial charge < -0.3 is 15.4 Å². The highest BCUT2D eigenvalue weighted by molar-refractivity contribution is 6.35. The maximum atomic E-state index is 11.9. The van der Waals surface area contributed by atoms with Crippen molar-refractivity contribution in [2.75, 3.05) is 25.0 Å². The third-order valence-electron chi connectivity index (χ3n) is 3.56. The van der Waals surface area contributed by atoms with E-state index in [9.17, 15) is 4.79 Å². The molecule has 2 rings (SSSR count). The predicted octanol–water partition coefficient (Wildman–Crippen LogP) is 4.55. The van der Waals surface area contributed by atoms with Crippen molar-refractivity contribution in [2.24, 2.45) is 0 Å². The van der Waals surface area contributed by atoms with E-state index in [0.29, 0.717) is 29.6 Å². The van der Waals surface area contributed by atoms with Crippen LogP contribution in [-0.4, -0.2) is 25.6 Å². The van der Waals surface area contributed by atoms with E-state index < -0.39 is 0 Å². The first-order valence-electron chi connectivity index (χ1n) is 8.26. The molecule has 134 valence electrons. The number of ether oxygens (including phenoxy) is 1. The van der Waals surface area contributed by atoms with Crippen LogP contribution in [0, 0.1) is 0 Å². The normalized spacial score (nSPS) is 10.5. The van der Waals surface area contributed by atoms with Gasteiger partial charge in [0.1, 0.15) is 5.75 Å². The average molecular weight is 381 g/mol. The quantitative estimate of drug-likeness (QED) is 0.627. The van der Waals surface area contributed by atoms with Crippen molar-refractivity contribution < 1.29 is 9.53 Å². The number of hydrogen-bond donors (Lipinski definition) is 2. The third-order valence-corrected chi connectivity index (χ3v) is 4.15. The lowest BCUT2D eigenvalue weighted by molar-refractivity contribution is -0.116. The summed E-state index contributed by atoms with van der Waals surface area (Å²) >= 11 is 12.0. The Labute approximate surface area is 158 Å². The van der Waals surface area contributed by atoms with Crippen LogP contribution in [-0.2, 0) is 11.2 Å². The van der Waals surface area contributed by atoms with E-state index in [0.717, 1.165) is 30.0 Å². The molecule has 0 fully saturated rings. The van der Waals surface area contributed by atoms with Gasteiger partial charge in [-0.2, -0.15) is 0 Å². The Morgan fingerprint density at radius 3 is 2.52 bits per heavy atom. The van der Waals surface area contributed by atoms with E-state index in [-0.39, 0.29) is 5.91 Å². The summed E-state index contributed by atoms with van der Waals surface area (Å²) in [6.45, 7) is 3.91. The Morgan fingerprint density at radius 1 is 1.08 bits per heavy atom. The fourth-order valence-electron chi connectivity index (χ4n) is 2.30. The maximum Gasteiger partial charge on any atom is 0.225 e. The molecular weight excluding hydrogens is 359 g/mol. The van der Waals surface area contributed by atoms with Gasteiger partial charge in [-0.15, -0.1) is 0 Å². The minimum absolute atomic E-state index is 0.0267. The second kappa shape index (κ2) is 10.3. The lowest BCUT2D eigenvalue weighted by atomic mass is 10.1. The molecule has 0 heterocycles. The Morgan fingerprint density at radius 2 is 1.84 bits per heavy atom. The largest absolute Gasteiger partial charge is 0.494 e. The van der Waals surface area contributed by atoms with Crippen LogP contribution in [0.2, 0.25) is 10.0 Å². The van der Waals surface area contributed by atoms with Gasteiger partial charge in [-0.1, -0.05) is 29.3 Å². The van der Waals surface area contributed by atoms with Gasteiger partial charge in [-0.25, -0.2) is 0 Å². The van der Waals surface area contributed by atoms with Gasteiger partial charge in [0.05, 0.1) is 6.61 Å². The fourth-order valence-corrected chi connectivity index (χ4v) is 2.80. The first kappa shape index (κ1) is 19.6. The molecule has 0 unspecified atom stereocenters. The molecule has 0 saturated heterocycles. The second-order valence-corrected chi connectivity index (χ2v) is 6.33. The number of carbonyl (C=O) groups excluding carboxylic acids is 1. The molecular formula is C19H22Cl2N2O2. The summed E-state index contributed by atoms with van der Waals surface area (Å²) in [5, 5.41) is 7.41. The molecule has 0 radical (unpaired) electrons. The van der Waals surface area contributed by atoms with E-state index in [1.54, 1.807) is 6.07 Å². The molecule has 0 aliphatic rings. The molecule has 0 atom stereocenters. The van der Waals surface area contributed by atoms with Crippen LogP contribution < -0.4 is 15.4 Å². The van der Waals surface area contributed by atoms with Crippen molar-refractivity contribution in [2.45, 2.75) is 19.8 Å². The number of amides is 1. The summed E-state index contributed by atoms with van der Waals surface area (Å²) < 4.78 is 5.37. The molecule has 1 amide bonds. The van der Waals surface area contributed by atoms with Gasteiger partial charge in [0.15, 0.2) is 0 Å². The van der Waals surface area contributed by atoms with E-state index in [1.165, 1.54) is 0 Å². The van der Waals surface area contributed by atoms with Crippen LogP contribution in [0.5, 0.6) is 5.75 Å². The van der Waals surface area contributed by atoms with Crippen molar-refractivity contribution >= 4 is 34.8 Å². The first-order valence-corrected chi connectivity index (χ1v) is 9.01. The molecule has 2 aromatic carbocycles. The van der Waals surface area contributed by atoms with Crippen molar-refractivity contribution in [1.29, 1.82) is 0 Å². The number of halogens is 2. The van der Waals surface area contributed by atoms with E-state index in [2.05, 4.69) is 10.6 Å². The number of nitrogens with one attached hydrogen (secondary N) is 2. The Kier molecular flexibility index (Phi) is 8.06. The van der Waals surface area contributed by atoms with Crippen LogP contribution in [0.15, 0.2) is 42.5 Å². The summed E-state index contributed by atoms with van der Waals surface area (Å²) in [7, 11) is 0. The number of benzene rings is 2. The number of anilines is 1. The summed E-state index contributed by atoms with van der Waals surface area (Å²) in [4.78, 5) is 11.9. The molecule has 0 saturated carbocycles. The minimum atomic E-state index is -0.0267. The molecule has 2 N–H and O–H groups in total. The fraction of sp³-hybridized carbons (Fsp3) is 0.316. The van der Waals surface area contributed by atoms with Gasteiger partial charge in [0.2, 0.25) is 5.91 Å². The number of hydrogen-bond acceptors (Lipinski definition) is 3. The predicted molar refractivity (Wildman–Crippen MR) is 104 cm³/mol. The van der Waals surface area contributed by atoms with E-state index in [4.69, 9.17) is 27.9 Å². The average Bonchev–Trinajstić information content (AvgIpc) is 2.58. The molecule has 0 spiro atoms. The van der Waals surface area contributed by atoms with Gasteiger partial charge >= 0.3 is 0 Å². The Balaban J connectivity index is 1.65. The Hall–Kier alpha value is -1.75. The topological polar surface area (TPSA) is 50.4 Å². The smallest absolute Gasteiger partial charge is 0.225 e. The SMILES string of the molecule is CCOc1ccc(NC(=O)CCNCCc2ccc(Cl)cc2Cl)cc1. The maximum absolute atomic E-state index is 11.9. The Bertz CT molecular complexity index is 690. The number of carbonyl (C=O) groups is 1. The lowest BCUT2D eigenvalue weighted by Crippen LogP contribution is -2.23. The van der Waals surface area contributed by atoms with Crippen LogP contribution >= 0.6 is 23.2 Å². The first-order chi connectivity index (χ1) is 12.1. The van der Waals surface area contributed by atoms with E-state index >= 15 is 0 Å². The minimum Gasteiger partial charge on any atom is -0.494 e. The highest BCUT2D eigenvalue weighted by Crippen LogP contribution is 2.21. The van der Waals surface area contributed by atoms with Crippen LogP contribution in [0.3, 0.4) is 0 Å². The molecule has 0 aromatic heterocycles. The second-order valence-electron chi connectivity index (χ2n) is 5.49. The van der Waals surface area contributed by atoms with Crippen molar-refractivity contribution in [1.82, 2.24) is 5.32 Å². The van der Waals surface area contributed by atoms with Gasteiger partial charge in [0, 0.05) is 28.7 Å². The molecule has 25 heavy (non-hydrogen) atoms. The van der Waals surface area contributed by atoms with Gasteiger partial charge in [-0.3, -0.25) is 4.79 Å². The van der Waals surface area contributed by atoms with Crippen molar-refractivity contribution in [3.05, 3.63) is 58.1 Å². The van der Waals surface area contributed by atoms with Crippen molar-refractivity contribution in [3.8, 4) is 5.75 Å². The molecule has 0 bridgehead atoms. The van der Waals surface area contributed by atoms with Crippen LogP contribution in [0.1, 0.15) is 18.9 Å². The molecule has 0 aliphatic carbocycles. The molecule has 4 nitrogen and oxygen atoms in total. The zero-order chi connectivity index (χ0) is 18.1. The third kappa shape index (κ3) is 6.94. The summed E-state index contributed by atoms with van der Waals surface area (Å²) in [6, 6.07) is 12.8.